The fraction of sp³-hybridized carbons (Fsp3) is 0.343. The summed E-state index contributed by atoms with van der Waals surface area (Å²) in [4.78, 5) is 53.1. The smallest absolute Gasteiger partial charge is 0.416 e. The van der Waals surface area contributed by atoms with E-state index < -0.39 is 23.2 Å². The lowest BCUT2D eigenvalue weighted by Crippen LogP contribution is -2.50. The molecule has 272 valence electrons. The summed E-state index contributed by atoms with van der Waals surface area (Å²) in [5.74, 6) is 0.430. The predicted octanol–water partition coefficient (Wildman–Crippen LogP) is 4.74. The molecule has 0 spiro atoms. The van der Waals surface area contributed by atoms with Crippen molar-refractivity contribution >= 4 is 56.8 Å². The first kappa shape index (κ1) is 35.1. The van der Waals surface area contributed by atoms with E-state index in [2.05, 4.69) is 15.4 Å². The highest BCUT2D eigenvalue weighted by atomic mass is 35.5. The van der Waals surface area contributed by atoms with Crippen LogP contribution in [0.2, 0.25) is 5.02 Å². The van der Waals surface area contributed by atoms with Crippen molar-refractivity contribution in [1.82, 2.24) is 24.1 Å². The monoisotopic (exact) mass is 738 g/mol. The molecule has 0 saturated carbocycles. The highest BCUT2D eigenvalue weighted by Crippen LogP contribution is 2.34. The van der Waals surface area contributed by atoms with E-state index in [1.165, 1.54) is 4.52 Å². The molecule has 1 saturated heterocycles. The van der Waals surface area contributed by atoms with Crippen LogP contribution in [0.15, 0.2) is 58.3 Å². The number of benzene rings is 2. The van der Waals surface area contributed by atoms with E-state index in [1.807, 2.05) is 22.8 Å². The van der Waals surface area contributed by atoms with E-state index in [0.29, 0.717) is 91.8 Å². The van der Waals surface area contributed by atoms with Crippen molar-refractivity contribution < 1.29 is 27.4 Å². The molecule has 3 aromatic heterocycles. The molecule has 52 heavy (non-hydrogen) atoms. The fourth-order valence-electron chi connectivity index (χ4n) is 6.71. The van der Waals surface area contributed by atoms with Crippen LogP contribution in [0, 0.1) is 0 Å². The number of hydrogen-bond acceptors (Lipinski definition) is 9. The standard InChI is InChI=1S/C35H34ClF3N8O5/c1-3-25-30(45-13-11-44(12-14-45)26-18-40-29-22(31(26)49)5-4-6-27(29)51-2)33(50)47-34(42-32(43-47)20-9-15-52-16-10-20)46(25)19-28(48)41-24-8-7-21(17-23(24)36)35(37,38)39/h4-9,17-18H,3,10-16,19H2,1-2H3,(H,40,49)(H,41,48). The first-order valence-corrected chi connectivity index (χ1v) is 17.0. The molecule has 0 aliphatic carbocycles. The number of methoxy groups -OCH3 is 1. The second kappa shape index (κ2) is 14.0. The van der Waals surface area contributed by atoms with Crippen molar-refractivity contribution in [2.24, 2.45) is 0 Å². The Morgan fingerprint density at radius 3 is 2.56 bits per heavy atom. The number of rotatable bonds is 8. The average Bonchev–Trinajstić information content (AvgIpc) is 3.60. The van der Waals surface area contributed by atoms with Crippen LogP contribution in [0.3, 0.4) is 0 Å². The largest absolute Gasteiger partial charge is 0.495 e. The number of aromatic nitrogens is 5. The van der Waals surface area contributed by atoms with Crippen molar-refractivity contribution in [2.75, 3.05) is 61.6 Å². The van der Waals surface area contributed by atoms with Gasteiger partial charge in [0.2, 0.25) is 17.1 Å². The fourth-order valence-corrected chi connectivity index (χ4v) is 6.94. The molecule has 7 rings (SSSR count). The van der Waals surface area contributed by atoms with E-state index in [-0.39, 0.29) is 28.5 Å². The maximum atomic E-state index is 14.3. The van der Waals surface area contributed by atoms with Crippen LogP contribution in [-0.4, -0.2) is 76.6 Å². The number of anilines is 3. The van der Waals surface area contributed by atoms with Gasteiger partial charge in [-0.15, -0.1) is 5.10 Å². The predicted molar refractivity (Wildman–Crippen MR) is 191 cm³/mol. The molecule has 1 amide bonds. The molecular formula is C35H34ClF3N8O5. The first-order chi connectivity index (χ1) is 25.0. The molecule has 2 aliphatic rings. The zero-order valence-electron chi connectivity index (χ0n) is 28.2. The number of alkyl halides is 3. The van der Waals surface area contributed by atoms with Gasteiger partial charge in [0, 0.05) is 32.4 Å². The van der Waals surface area contributed by atoms with E-state index >= 15 is 0 Å². The molecule has 2 N–H and O–H groups in total. The van der Waals surface area contributed by atoms with Crippen molar-refractivity contribution in [3.63, 3.8) is 0 Å². The number of halogens is 4. The van der Waals surface area contributed by atoms with Gasteiger partial charge >= 0.3 is 6.18 Å². The normalized spacial score (nSPS) is 15.3. The van der Waals surface area contributed by atoms with E-state index in [4.69, 9.17) is 26.1 Å². The van der Waals surface area contributed by atoms with Crippen LogP contribution in [0.4, 0.5) is 30.2 Å². The maximum Gasteiger partial charge on any atom is 0.416 e. The Morgan fingerprint density at radius 2 is 1.88 bits per heavy atom. The number of ether oxygens (including phenoxy) is 2. The van der Waals surface area contributed by atoms with Gasteiger partial charge in [0.1, 0.15) is 23.7 Å². The number of carbonyl (C=O) groups excluding carboxylic acids is 1. The third kappa shape index (κ3) is 6.47. The quantitative estimate of drug-likeness (QED) is 0.231. The van der Waals surface area contributed by atoms with Gasteiger partial charge in [0.15, 0.2) is 5.82 Å². The zero-order chi connectivity index (χ0) is 36.7. The molecule has 17 heteroatoms. The van der Waals surface area contributed by atoms with Crippen LogP contribution in [0.5, 0.6) is 5.75 Å². The van der Waals surface area contributed by atoms with Gasteiger partial charge in [-0.2, -0.15) is 22.7 Å². The number of aromatic amines is 1. The van der Waals surface area contributed by atoms with Crippen LogP contribution >= 0.6 is 11.6 Å². The molecule has 0 unspecified atom stereocenters. The van der Waals surface area contributed by atoms with E-state index in [0.717, 1.165) is 23.8 Å². The molecule has 13 nitrogen and oxygen atoms in total. The molecular weight excluding hydrogens is 705 g/mol. The number of piperazine rings is 1. The van der Waals surface area contributed by atoms with Gasteiger partial charge < -0.3 is 34.1 Å². The van der Waals surface area contributed by atoms with Crippen LogP contribution in [0.25, 0.3) is 22.3 Å². The number of H-pyrrole nitrogens is 1. The number of amides is 1. The third-order valence-electron chi connectivity index (χ3n) is 9.30. The number of pyridine rings is 1. The van der Waals surface area contributed by atoms with Crippen molar-refractivity contribution in [2.45, 2.75) is 32.5 Å². The van der Waals surface area contributed by atoms with Crippen LogP contribution in [0.1, 0.15) is 30.4 Å². The number of carbonyl (C=O) groups is 1. The number of fused-ring (bicyclic) bond motifs is 2. The Labute approximate surface area is 299 Å². The summed E-state index contributed by atoms with van der Waals surface area (Å²) >= 11 is 6.14. The van der Waals surface area contributed by atoms with E-state index in [9.17, 15) is 27.6 Å². The van der Waals surface area contributed by atoms with Gasteiger partial charge in [0.25, 0.3) is 5.56 Å². The molecule has 0 radical (unpaired) electrons. The summed E-state index contributed by atoms with van der Waals surface area (Å²) in [7, 11) is 1.54. The van der Waals surface area contributed by atoms with Gasteiger partial charge in [-0.05, 0) is 48.7 Å². The summed E-state index contributed by atoms with van der Waals surface area (Å²) in [6.45, 7) is 3.94. The zero-order valence-corrected chi connectivity index (χ0v) is 29.0. The molecule has 0 bridgehead atoms. The molecule has 5 aromatic rings. The average molecular weight is 739 g/mol. The lowest BCUT2D eigenvalue weighted by Gasteiger charge is -2.37. The topological polar surface area (TPSA) is 139 Å². The summed E-state index contributed by atoms with van der Waals surface area (Å²) in [6.07, 6.45) is -0.217. The minimum atomic E-state index is -4.60. The first-order valence-electron chi connectivity index (χ1n) is 16.6. The number of hydrogen-bond donors (Lipinski definition) is 2. The Hall–Kier alpha value is -5.35. The van der Waals surface area contributed by atoms with Crippen molar-refractivity contribution in [3.8, 4) is 5.75 Å². The molecule has 1 fully saturated rings. The maximum absolute atomic E-state index is 14.3. The lowest BCUT2D eigenvalue weighted by molar-refractivity contribution is -0.137. The molecule has 2 aromatic carbocycles. The summed E-state index contributed by atoms with van der Waals surface area (Å²) in [5, 5.41) is 7.41. The Morgan fingerprint density at radius 1 is 1.12 bits per heavy atom. The van der Waals surface area contributed by atoms with E-state index in [1.54, 1.807) is 36.1 Å². The second-order valence-corrected chi connectivity index (χ2v) is 12.7. The van der Waals surface area contributed by atoms with Gasteiger partial charge in [0.05, 0.1) is 53.2 Å². The van der Waals surface area contributed by atoms with Gasteiger partial charge in [-0.1, -0.05) is 30.7 Å². The minimum absolute atomic E-state index is 0.00256. The second-order valence-electron chi connectivity index (χ2n) is 12.3. The van der Waals surface area contributed by atoms with Gasteiger partial charge in [-0.3, -0.25) is 14.4 Å². The summed E-state index contributed by atoms with van der Waals surface area (Å²) < 4.78 is 53.3. The number of nitrogens with zero attached hydrogens (tertiary/aromatic N) is 6. The number of nitrogens with one attached hydrogen (secondary N) is 2. The van der Waals surface area contributed by atoms with Crippen LogP contribution in [-0.2, 0) is 28.7 Å². The van der Waals surface area contributed by atoms with Crippen molar-refractivity contribution in [3.05, 3.63) is 91.4 Å². The Bertz CT molecular complexity index is 2340. The SMILES string of the molecule is CCc1c(N2CCN(c3c[nH]c4c(OC)cccc4c3=O)CC2)c(=O)n2nc(C3=CCOCC3)nc2n1CC(=O)Nc1ccc(C(F)(F)F)cc1Cl. The number of para-hydroxylation sites is 1. The highest BCUT2D eigenvalue weighted by Gasteiger charge is 2.32. The molecule has 2 aliphatic heterocycles. The van der Waals surface area contributed by atoms with Gasteiger partial charge in [-0.25, -0.2) is 0 Å². The minimum Gasteiger partial charge on any atom is -0.495 e. The van der Waals surface area contributed by atoms with Crippen molar-refractivity contribution in [1.29, 1.82) is 0 Å². The Balaban J connectivity index is 1.23. The molecule has 5 heterocycles. The summed E-state index contributed by atoms with van der Waals surface area (Å²) in [6, 6.07) is 7.96. The Kier molecular flexibility index (Phi) is 9.44. The third-order valence-corrected chi connectivity index (χ3v) is 9.61. The molecule has 0 atom stereocenters. The van der Waals surface area contributed by atoms with Crippen LogP contribution < -0.4 is 30.8 Å². The highest BCUT2D eigenvalue weighted by molar-refractivity contribution is 6.33. The summed E-state index contributed by atoms with van der Waals surface area (Å²) in [5.41, 5.74) is 1.26. The lowest BCUT2D eigenvalue weighted by atomic mass is 10.1.